The second kappa shape index (κ2) is 9.61. The number of hydrogen-bond donors (Lipinski definition) is 0. The summed E-state index contributed by atoms with van der Waals surface area (Å²) in [5, 5.41) is 0. The van der Waals surface area contributed by atoms with E-state index in [1.54, 1.807) is 7.11 Å². The quantitative estimate of drug-likeness (QED) is 0.353. The Bertz CT molecular complexity index is 924. The van der Waals surface area contributed by atoms with E-state index in [1.165, 1.54) is 27.5 Å². The van der Waals surface area contributed by atoms with Gasteiger partial charge < -0.3 is 9.47 Å². The van der Waals surface area contributed by atoms with E-state index in [9.17, 15) is 0 Å². The normalized spacial score (nSPS) is 15.2. The van der Waals surface area contributed by atoms with Crippen LogP contribution in [0.1, 0.15) is 48.4 Å². The molecule has 4 heteroatoms. The fourth-order valence-corrected chi connectivity index (χ4v) is 4.89. The van der Waals surface area contributed by atoms with Gasteiger partial charge in [0.1, 0.15) is 0 Å². The van der Waals surface area contributed by atoms with Crippen molar-refractivity contribution in [1.29, 1.82) is 0 Å². The lowest BCUT2D eigenvalue weighted by Gasteiger charge is -2.23. The van der Waals surface area contributed by atoms with E-state index in [0.29, 0.717) is 6.10 Å². The Balaban J connectivity index is 1.74. The van der Waals surface area contributed by atoms with E-state index in [0.717, 1.165) is 36.5 Å². The van der Waals surface area contributed by atoms with Gasteiger partial charge in [-0.15, -0.1) is 0 Å². The summed E-state index contributed by atoms with van der Waals surface area (Å²) in [4.78, 5) is 4.58. The minimum atomic E-state index is 0.204. The molecule has 1 aliphatic carbocycles. The molecule has 1 aromatic heterocycles. The van der Waals surface area contributed by atoms with Crippen molar-refractivity contribution >= 4 is 22.6 Å². The van der Waals surface area contributed by atoms with Gasteiger partial charge in [0.25, 0.3) is 0 Å². The van der Waals surface area contributed by atoms with Gasteiger partial charge in [-0.2, -0.15) is 0 Å². The molecule has 2 aromatic carbocycles. The molecule has 29 heavy (non-hydrogen) atoms. The minimum Gasteiger partial charge on any atom is -0.493 e. The van der Waals surface area contributed by atoms with Crippen LogP contribution in [0.5, 0.6) is 11.5 Å². The van der Waals surface area contributed by atoms with Gasteiger partial charge in [-0.05, 0) is 83.7 Å². The fraction of sp³-hybridized carbons (Fsp3) is 0.320. The Morgan fingerprint density at radius 1 is 1.00 bits per heavy atom. The SMILES string of the molecule is COc1cc(I)c(C(Cc2ccccn2)c2ccccc2)cc1OC1CCCC1. The highest BCUT2D eigenvalue weighted by Gasteiger charge is 2.23. The first-order valence-corrected chi connectivity index (χ1v) is 11.3. The molecule has 0 saturated heterocycles. The van der Waals surface area contributed by atoms with Crippen LogP contribution in [0.4, 0.5) is 0 Å². The van der Waals surface area contributed by atoms with Gasteiger partial charge in [0.05, 0.1) is 13.2 Å². The zero-order valence-corrected chi connectivity index (χ0v) is 18.8. The van der Waals surface area contributed by atoms with Gasteiger partial charge in [0.15, 0.2) is 11.5 Å². The summed E-state index contributed by atoms with van der Waals surface area (Å²) in [7, 11) is 1.72. The van der Waals surface area contributed by atoms with E-state index in [-0.39, 0.29) is 5.92 Å². The fourth-order valence-electron chi connectivity index (χ4n) is 4.08. The molecule has 1 aliphatic rings. The lowest BCUT2D eigenvalue weighted by molar-refractivity contribution is 0.200. The van der Waals surface area contributed by atoms with Gasteiger partial charge in [-0.3, -0.25) is 4.98 Å². The summed E-state index contributed by atoms with van der Waals surface area (Å²) >= 11 is 2.42. The minimum absolute atomic E-state index is 0.204. The Morgan fingerprint density at radius 2 is 1.76 bits per heavy atom. The highest BCUT2D eigenvalue weighted by molar-refractivity contribution is 14.1. The lowest BCUT2D eigenvalue weighted by Crippen LogP contribution is -2.13. The predicted molar refractivity (Wildman–Crippen MR) is 125 cm³/mol. The Labute approximate surface area is 186 Å². The van der Waals surface area contributed by atoms with Crippen molar-refractivity contribution in [1.82, 2.24) is 4.98 Å². The second-order valence-electron chi connectivity index (χ2n) is 7.54. The molecule has 0 aliphatic heterocycles. The first-order valence-electron chi connectivity index (χ1n) is 10.2. The van der Waals surface area contributed by atoms with E-state index < -0.39 is 0 Å². The van der Waals surface area contributed by atoms with Crippen LogP contribution >= 0.6 is 22.6 Å². The summed E-state index contributed by atoms with van der Waals surface area (Å²) < 4.78 is 13.2. The maximum Gasteiger partial charge on any atom is 0.161 e. The third-order valence-electron chi connectivity index (χ3n) is 5.60. The van der Waals surface area contributed by atoms with Gasteiger partial charge in [-0.25, -0.2) is 0 Å². The van der Waals surface area contributed by atoms with Crippen molar-refractivity contribution in [3.05, 3.63) is 87.3 Å². The summed E-state index contributed by atoms with van der Waals surface area (Å²) in [6.45, 7) is 0. The number of pyridine rings is 1. The van der Waals surface area contributed by atoms with Crippen LogP contribution in [0, 0.1) is 3.57 Å². The molecule has 1 heterocycles. The molecular formula is C25H26INO2. The molecule has 3 nitrogen and oxygen atoms in total. The smallest absolute Gasteiger partial charge is 0.161 e. The second-order valence-corrected chi connectivity index (χ2v) is 8.70. The number of benzene rings is 2. The molecule has 1 saturated carbocycles. The molecule has 1 fully saturated rings. The van der Waals surface area contributed by atoms with E-state index in [2.05, 4.69) is 82.2 Å². The van der Waals surface area contributed by atoms with Crippen LogP contribution < -0.4 is 9.47 Å². The van der Waals surface area contributed by atoms with Crippen molar-refractivity contribution in [2.45, 2.75) is 44.1 Å². The lowest BCUT2D eigenvalue weighted by atomic mass is 9.87. The molecule has 3 aromatic rings. The Morgan fingerprint density at radius 3 is 2.45 bits per heavy atom. The molecule has 0 N–H and O–H groups in total. The summed E-state index contributed by atoms with van der Waals surface area (Å²) in [5.41, 5.74) is 3.63. The first kappa shape index (κ1) is 20.2. The number of halogens is 1. The monoisotopic (exact) mass is 499 g/mol. The van der Waals surface area contributed by atoms with Crippen molar-refractivity contribution in [2.24, 2.45) is 0 Å². The zero-order valence-electron chi connectivity index (χ0n) is 16.7. The number of rotatable bonds is 7. The van der Waals surface area contributed by atoms with Crippen LogP contribution in [-0.4, -0.2) is 18.2 Å². The van der Waals surface area contributed by atoms with Crippen LogP contribution in [0.15, 0.2) is 66.9 Å². The summed E-state index contributed by atoms with van der Waals surface area (Å²) in [5.74, 6) is 1.88. The maximum absolute atomic E-state index is 6.39. The molecule has 0 radical (unpaired) electrons. The van der Waals surface area contributed by atoms with E-state index in [1.807, 2.05) is 12.3 Å². The zero-order chi connectivity index (χ0) is 20.1. The van der Waals surface area contributed by atoms with Gasteiger partial charge in [0.2, 0.25) is 0 Å². The number of hydrogen-bond acceptors (Lipinski definition) is 3. The highest BCUT2D eigenvalue weighted by atomic mass is 127. The number of aromatic nitrogens is 1. The Hall–Kier alpha value is -2.08. The first-order chi connectivity index (χ1) is 14.2. The van der Waals surface area contributed by atoms with Crippen LogP contribution in [-0.2, 0) is 6.42 Å². The van der Waals surface area contributed by atoms with Gasteiger partial charge in [0, 0.05) is 27.8 Å². The summed E-state index contributed by atoms with van der Waals surface area (Å²) in [6.07, 6.45) is 7.75. The average Bonchev–Trinajstić information content (AvgIpc) is 3.28. The number of nitrogens with zero attached hydrogens (tertiary/aromatic N) is 1. The molecule has 1 unspecified atom stereocenters. The highest BCUT2D eigenvalue weighted by Crippen LogP contribution is 2.40. The molecule has 1 atom stereocenters. The molecule has 4 rings (SSSR count). The van der Waals surface area contributed by atoms with E-state index in [4.69, 9.17) is 9.47 Å². The standard InChI is InChI=1S/C25H26INO2/c1-28-24-17-23(26)22(16-25(24)29-20-12-5-6-13-20)21(18-9-3-2-4-10-18)15-19-11-7-8-14-27-19/h2-4,7-11,14,16-17,20-21H,5-6,12-13,15H2,1H3. The molecule has 150 valence electrons. The molecule has 0 bridgehead atoms. The van der Waals surface area contributed by atoms with Crippen molar-refractivity contribution in [3.8, 4) is 11.5 Å². The predicted octanol–water partition coefficient (Wildman–Crippen LogP) is 6.39. The molecular weight excluding hydrogens is 473 g/mol. The number of ether oxygens (including phenoxy) is 2. The largest absolute Gasteiger partial charge is 0.493 e. The maximum atomic E-state index is 6.39. The number of methoxy groups -OCH3 is 1. The Kier molecular flexibility index (Phi) is 6.70. The average molecular weight is 499 g/mol. The van der Waals surface area contributed by atoms with Gasteiger partial charge in [-0.1, -0.05) is 36.4 Å². The molecule has 0 spiro atoms. The molecule has 0 amide bonds. The topological polar surface area (TPSA) is 31.4 Å². The third kappa shape index (κ3) is 4.92. The van der Waals surface area contributed by atoms with Crippen molar-refractivity contribution in [2.75, 3.05) is 7.11 Å². The van der Waals surface area contributed by atoms with Crippen LogP contribution in [0.2, 0.25) is 0 Å². The summed E-state index contributed by atoms with van der Waals surface area (Å²) in [6, 6.07) is 21.1. The van der Waals surface area contributed by atoms with Crippen LogP contribution in [0.3, 0.4) is 0 Å². The van der Waals surface area contributed by atoms with E-state index >= 15 is 0 Å². The van der Waals surface area contributed by atoms with Crippen LogP contribution in [0.25, 0.3) is 0 Å². The van der Waals surface area contributed by atoms with Crippen molar-refractivity contribution in [3.63, 3.8) is 0 Å². The van der Waals surface area contributed by atoms with Crippen molar-refractivity contribution < 1.29 is 9.47 Å². The third-order valence-corrected chi connectivity index (χ3v) is 6.53. The van der Waals surface area contributed by atoms with Gasteiger partial charge >= 0.3 is 0 Å².